The smallest absolute Gasteiger partial charge is 0.410 e. The minimum absolute atomic E-state index is 0.222. The predicted molar refractivity (Wildman–Crippen MR) is 94.2 cm³/mol. The summed E-state index contributed by atoms with van der Waals surface area (Å²) in [6.45, 7) is 6.98. The predicted octanol–water partition coefficient (Wildman–Crippen LogP) is 3.15. The quantitative estimate of drug-likeness (QED) is 0.845. The fourth-order valence-electron chi connectivity index (χ4n) is 2.82. The van der Waals surface area contributed by atoms with Crippen LogP contribution in [0.15, 0.2) is 18.2 Å². The zero-order valence-corrected chi connectivity index (χ0v) is 15.5. The third-order valence-electron chi connectivity index (χ3n) is 4.13. The molecule has 1 aliphatic rings. The zero-order valence-electron chi connectivity index (χ0n) is 15.5. The molecule has 1 fully saturated rings. The van der Waals surface area contributed by atoms with Gasteiger partial charge in [0.15, 0.2) is 0 Å². The maximum Gasteiger partial charge on any atom is 0.410 e. The molecule has 1 aromatic rings. The molecule has 1 aromatic carbocycles. The lowest BCUT2D eigenvalue weighted by molar-refractivity contribution is 0.0292. The van der Waals surface area contributed by atoms with E-state index in [4.69, 9.17) is 14.2 Å². The Labute approximate surface area is 144 Å². The Morgan fingerprint density at radius 2 is 1.96 bits per heavy atom. The number of nitrogens with zero attached hydrogens (tertiary/aromatic N) is 2. The molecule has 2 rings (SSSR count). The first kappa shape index (κ1) is 18.2. The van der Waals surface area contributed by atoms with E-state index in [-0.39, 0.29) is 12.1 Å². The molecule has 24 heavy (non-hydrogen) atoms. The van der Waals surface area contributed by atoms with Gasteiger partial charge in [0.05, 0.1) is 19.9 Å². The lowest BCUT2D eigenvalue weighted by Crippen LogP contribution is -2.39. The van der Waals surface area contributed by atoms with E-state index in [9.17, 15) is 4.79 Å². The summed E-state index contributed by atoms with van der Waals surface area (Å²) in [6, 6.07) is 5.98. The Bertz CT molecular complexity index is 583. The molecule has 1 atom stereocenters. The van der Waals surface area contributed by atoms with Crippen LogP contribution in [-0.2, 0) is 4.74 Å². The van der Waals surface area contributed by atoms with Crippen molar-refractivity contribution < 1.29 is 19.0 Å². The number of benzene rings is 1. The Kier molecular flexibility index (Phi) is 5.47. The fourth-order valence-corrected chi connectivity index (χ4v) is 2.82. The van der Waals surface area contributed by atoms with Crippen LogP contribution in [0.5, 0.6) is 11.5 Å². The van der Waals surface area contributed by atoms with Crippen LogP contribution in [0.25, 0.3) is 0 Å². The molecule has 1 aliphatic heterocycles. The highest BCUT2D eigenvalue weighted by Gasteiger charge is 2.32. The largest absolute Gasteiger partial charge is 0.497 e. The van der Waals surface area contributed by atoms with Gasteiger partial charge in [-0.2, -0.15) is 0 Å². The van der Waals surface area contributed by atoms with Gasteiger partial charge in [0.1, 0.15) is 17.1 Å². The van der Waals surface area contributed by atoms with E-state index < -0.39 is 5.60 Å². The summed E-state index contributed by atoms with van der Waals surface area (Å²) >= 11 is 0. The summed E-state index contributed by atoms with van der Waals surface area (Å²) < 4.78 is 16.2. The molecule has 0 aliphatic carbocycles. The Balaban J connectivity index is 2.07. The highest BCUT2D eigenvalue weighted by atomic mass is 16.6. The lowest BCUT2D eigenvalue weighted by Gasteiger charge is -2.29. The van der Waals surface area contributed by atoms with Crippen molar-refractivity contribution in [1.82, 2.24) is 4.90 Å². The van der Waals surface area contributed by atoms with Gasteiger partial charge in [-0.3, -0.25) is 0 Å². The molecule has 0 bridgehead atoms. The maximum atomic E-state index is 12.2. The number of ether oxygens (including phenoxy) is 3. The van der Waals surface area contributed by atoms with E-state index in [1.807, 2.05) is 46.0 Å². The minimum Gasteiger partial charge on any atom is -0.497 e. The number of hydrogen-bond donors (Lipinski definition) is 0. The van der Waals surface area contributed by atoms with Gasteiger partial charge in [-0.25, -0.2) is 4.79 Å². The Morgan fingerprint density at radius 1 is 1.25 bits per heavy atom. The van der Waals surface area contributed by atoms with Crippen molar-refractivity contribution in [3.63, 3.8) is 0 Å². The van der Waals surface area contributed by atoms with Gasteiger partial charge in [0.2, 0.25) is 0 Å². The summed E-state index contributed by atoms with van der Waals surface area (Å²) in [5, 5.41) is 0. The van der Waals surface area contributed by atoms with Crippen LogP contribution in [0, 0.1) is 0 Å². The van der Waals surface area contributed by atoms with Crippen LogP contribution in [-0.4, -0.2) is 57.0 Å². The van der Waals surface area contributed by atoms with Gasteiger partial charge < -0.3 is 24.0 Å². The molecule has 1 amide bonds. The van der Waals surface area contributed by atoms with Gasteiger partial charge in [0.25, 0.3) is 0 Å². The number of likely N-dealkylation sites (tertiary alicyclic amines) is 1. The number of anilines is 1. The minimum atomic E-state index is -0.472. The summed E-state index contributed by atoms with van der Waals surface area (Å²) in [7, 11) is 5.30. The third kappa shape index (κ3) is 4.24. The number of hydrogen-bond acceptors (Lipinski definition) is 5. The van der Waals surface area contributed by atoms with E-state index in [0.29, 0.717) is 13.1 Å². The highest BCUT2D eigenvalue weighted by molar-refractivity contribution is 5.69. The average Bonchev–Trinajstić information content (AvgIpc) is 3.02. The molecule has 0 N–H and O–H groups in total. The topological polar surface area (TPSA) is 51.2 Å². The van der Waals surface area contributed by atoms with E-state index >= 15 is 0 Å². The molecule has 6 heteroatoms. The zero-order chi connectivity index (χ0) is 17.9. The second-order valence-electron chi connectivity index (χ2n) is 7.02. The molecule has 0 aromatic heterocycles. The SMILES string of the molecule is COc1ccc(N(C)[C@@H]2CCN(C(=O)OC(C)(C)C)C2)c(OC)c1. The van der Waals surface area contributed by atoms with E-state index in [1.54, 1.807) is 19.1 Å². The Morgan fingerprint density at radius 3 is 2.54 bits per heavy atom. The lowest BCUT2D eigenvalue weighted by atomic mass is 10.2. The summed E-state index contributed by atoms with van der Waals surface area (Å²) in [5.74, 6) is 1.51. The molecular formula is C18H28N2O4. The normalized spacial score (nSPS) is 17.6. The van der Waals surface area contributed by atoms with Crippen LogP contribution in [0.3, 0.4) is 0 Å². The van der Waals surface area contributed by atoms with Crippen molar-refractivity contribution in [2.24, 2.45) is 0 Å². The van der Waals surface area contributed by atoms with E-state index in [0.717, 1.165) is 23.6 Å². The molecule has 1 saturated heterocycles. The maximum absolute atomic E-state index is 12.2. The van der Waals surface area contributed by atoms with Gasteiger partial charge in [-0.15, -0.1) is 0 Å². The van der Waals surface area contributed by atoms with Crippen molar-refractivity contribution in [2.45, 2.75) is 38.8 Å². The molecule has 0 unspecified atom stereocenters. The van der Waals surface area contributed by atoms with Crippen molar-refractivity contribution in [3.8, 4) is 11.5 Å². The van der Waals surface area contributed by atoms with Crippen molar-refractivity contribution >= 4 is 11.8 Å². The van der Waals surface area contributed by atoms with E-state index in [1.165, 1.54) is 0 Å². The van der Waals surface area contributed by atoms with Crippen molar-refractivity contribution in [3.05, 3.63) is 18.2 Å². The van der Waals surface area contributed by atoms with Crippen LogP contribution < -0.4 is 14.4 Å². The number of carbonyl (C=O) groups excluding carboxylic acids is 1. The van der Waals surface area contributed by atoms with Crippen LogP contribution in [0.4, 0.5) is 10.5 Å². The van der Waals surface area contributed by atoms with Crippen LogP contribution in [0.2, 0.25) is 0 Å². The second-order valence-corrected chi connectivity index (χ2v) is 7.02. The van der Waals surface area contributed by atoms with Crippen molar-refractivity contribution in [2.75, 3.05) is 39.3 Å². The molecule has 6 nitrogen and oxygen atoms in total. The molecule has 1 heterocycles. The number of carbonyl (C=O) groups is 1. The molecule has 134 valence electrons. The highest BCUT2D eigenvalue weighted by Crippen LogP contribution is 2.34. The molecule has 0 saturated carbocycles. The third-order valence-corrected chi connectivity index (χ3v) is 4.13. The number of rotatable bonds is 4. The number of methoxy groups -OCH3 is 2. The van der Waals surface area contributed by atoms with Gasteiger partial charge >= 0.3 is 6.09 Å². The van der Waals surface area contributed by atoms with Crippen molar-refractivity contribution in [1.29, 1.82) is 0 Å². The van der Waals surface area contributed by atoms with Gasteiger partial charge in [0, 0.05) is 32.2 Å². The molecule has 0 spiro atoms. The number of likely N-dealkylation sites (N-methyl/N-ethyl adjacent to an activating group) is 1. The fraction of sp³-hybridized carbons (Fsp3) is 0.611. The Hall–Kier alpha value is -2.11. The molecule has 0 radical (unpaired) electrons. The average molecular weight is 336 g/mol. The second kappa shape index (κ2) is 7.20. The van der Waals surface area contributed by atoms with Gasteiger partial charge in [-0.05, 0) is 39.3 Å². The summed E-state index contributed by atoms with van der Waals surface area (Å²) in [4.78, 5) is 16.1. The monoisotopic (exact) mass is 336 g/mol. The van der Waals surface area contributed by atoms with E-state index in [2.05, 4.69) is 4.90 Å². The van der Waals surface area contributed by atoms with Crippen LogP contribution in [0.1, 0.15) is 27.2 Å². The first-order chi connectivity index (χ1) is 11.2. The number of amides is 1. The molecular weight excluding hydrogens is 308 g/mol. The van der Waals surface area contributed by atoms with Crippen LogP contribution >= 0.6 is 0 Å². The first-order valence-electron chi connectivity index (χ1n) is 8.18. The summed E-state index contributed by atoms with van der Waals surface area (Å²) in [5.41, 5.74) is 0.509. The first-order valence-corrected chi connectivity index (χ1v) is 8.18. The van der Waals surface area contributed by atoms with Gasteiger partial charge in [-0.1, -0.05) is 0 Å². The standard InChI is InChI=1S/C18H28N2O4/c1-18(2,3)24-17(21)20-10-9-13(12-20)19(4)15-8-7-14(22-5)11-16(15)23-6/h7-8,11,13H,9-10,12H2,1-6H3/t13-/m1/s1. The summed E-state index contributed by atoms with van der Waals surface area (Å²) in [6.07, 6.45) is 0.644.